The quantitative estimate of drug-likeness (QED) is 0.137. The molecule has 0 amide bonds. The number of amidine groups is 1. The summed E-state index contributed by atoms with van der Waals surface area (Å²) < 4.78 is 15.1. The van der Waals surface area contributed by atoms with Crippen molar-refractivity contribution in [3.63, 3.8) is 0 Å². The van der Waals surface area contributed by atoms with Crippen molar-refractivity contribution in [2.24, 2.45) is 15.9 Å². The summed E-state index contributed by atoms with van der Waals surface area (Å²) in [5.41, 5.74) is 11.9. The lowest BCUT2D eigenvalue weighted by Crippen LogP contribution is -2.15. The Bertz CT molecular complexity index is 1230. The first kappa shape index (κ1) is 21.9. The van der Waals surface area contributed by atoms with Crippen LogP contribution in [0, 0.1) is 17.0 Å². The number of carbonyl (C=O) groups excluding carboxylic acids is 1. The fourth-order valence-corrected chi connectivity index (χ4v) is 2.62. The second-order valence-electron chi connectivity index (χ2n) is 6.23. The number of aromatic nitrogens is 2. The number of anilines is 1. The Morgan fingerprint density at radius 1 is 1.25 bits per heavy atom. The first-order valence-corrected chi connectivity index (χ1v) is 8.91. The van der Waals surface area contributed by atoms with Gasteiger partial charge in [0.15, 0.2) is 28.8 Å². The molecule has 2 aromatic carbocycles. The molecule has 0 radical (unpaired) electrons. The Kier molecular flexibility index (Phi) is 6.39. The molecule has 0 bridgehead atoms. The van der Waals surface area contributed by atoms with E-state index in [1.807, 2.05) is 0 Å². The lowest BCUT2D eigenvalue weighted by Gasteiger charge is -2.11. The van der Waals surface area contributed by atoms with Crippen LogP contribution in [0.15, 0.2) is 51.2 Å². The molecule has 13 nitrogen and oxygen atoms in total. The van der Waals surface area contributed by atoms with Crippen molar-refractivity contribution in [2.45, 2.75) is 6.92 Å². The first-order valence-electron chi connectivity index (χ1n) is 8.91. The number of rotatable bonds is 7. The molecule has 0 aliphatic heterocycles. The van der Waals surface area contributed by atoms with Gasteiger partial charge in [0.25, 0.3) is 5.69 Å². The van der Waals surface area contributed by atoms with Gasteiger partial charge in [-0.3, -0.25) is 10.1 Å². The van der Waals surface area contributed by atoms with Crippen molar-refractivity contribution in [1.82, 2.24) is 10.3 Å². The first-order chi connectivity index (χ1) is 15.3. The van der Waals surface area contributed by atoms with Gasteiger partial charge in [-0.2, -0.15) is 5.10 Å². The molecule has 0 spiro atoms. The Hall–Kier alpha value is -4.81. The number of nitrogen functional groups attached to an aromatic ring is 1. The topological polar surface area (TPSA) is 194 Å². The van der Waals surface area contributed by atoms with Crippen LogP contribution in [0.5, 0.6) is 11.5 Å². The monoisotopic (exact) mass is 439 g/mol. The second-order valence-corrected chi connectivity index (χ2v) is 6.23. The number of ether oxygens (including phenoxy) is 2. The van der Waals surface area contributed by atoms with E-state index in [-0.39, 0.29) is 45.7 Å². The van der Waals surface area contributed by atoms with Gasteiger partial charge in [-0.25, -0.2) is 9.42 Å². The van der Waals surface area contributed by atoms with Gasteiger partial charge in [0.2, 0.25) is 0 Å². The van der Waals surface area contributed by atoms with Crippen molar-refractivity contribution in [2.75, 3.05) is 12.8 Å². The Morgan fingerprint density at radius 3 is 2.69 bits per heavy atom. The van der Waals surface area contributed by atoms with Crippen molar-refractivity contribution in [3.05, 3.63) is 68.9 Å². The van der Waals surface area contributed by atoms with Crippen LogP contribution >= 0.6 is 0 Å². The Morgan fingerprint density at radius 2 is 2.03 bits per heavy atom. The molecule has 0 aliphatic carbocycles. The molecule has 3 aromatic rings. The van der Waals surface area contributed by atoms with Gasteiger partial charge in [-0.05, 0) is 47.1 Å². The average Bonchev–Trinajstić information content (AvgIpc) is 3.20. The van der Waals surface area contributed by atoms with Crippen molar-refractivity contribution in [3.8, 4) is 11.5 Å². The average molecular weight is 439 g/mol. The van der Waals surface area contributed by atoms with E-state index in [4.69, 9.17) is 20.9 Å². The van der Waals surface area contributed by atoms with Gasteiger partial charge >= 0.3 is 5.97 Å². The van der Waals surface area contributed by atoms with Crippen LogP contribution in [0.4, 0.5) is 11.5 Å². The highest BCUT2D eigenvalue weighted by Gasteiger charge is 2.20. The van der Waals surface area contributed by atoms with E-state index >= 15 is 0 Å². The minimum atomic E-state index is -0.762. The smallest absolute Gasteiger partial charge is 0.344 e. The third-order valence-corrected chi connectivity index (χ3v) is 4.24. The summed E-state index contributed by atoms with van der Waals surface area (Å²) in [6.07, 6.45) is 1.37. The maximum Gasteiger partial charge on any atom is 0.344 e. The SMILES string of the molecule is COc1cc(/C=N/N=C(\N)c2nonc2N)ccc1OC(=O)c1cccc([N+](=O)[O-])c1C. The summed E-state index contributed by atoms with van der Waals surface area (Å²) in [5.74, 6) is -0.530. The highest BCUT2D eigenvalue weighted by atomic mass is 16.6. The summed E-state index contributed by atoms with van der Waals surface area (Å²) in [7, 11) is 1.39. The standard InChI is InChI=1S/C19H17N7O6/c1-10-12(4-3-5-13(10)26(28)29)19(27)31-14-7-6-11(8-15(14)30-2)9-22-23-17(20)16-18(21)25-32-24-16/h3-9H,1-2H3,(H2,20,23)(H2,21,25)/b22-9+. The molecule has 0 atom stereocenters. The van der Waals surface area contributed by atoms with Gasteiger partial charge in [0.1, 0.15) is 0 Å². The fraction of sp³-hybridized carbons (Fsp3) is 0.105. The molecule has 0 saturated heterocycles. The number of carbonyl (C=O) groups is 1. The number of nitro benzene ring substituents is 1. The Balaban J connectivity index is 1.79. The Labute approximate surface area is 180 Å². The lowest BCUT2D eigenvalue weighted by atomic mass is 10.1. The number of methoxy groups -OCH3 is 1. The summed E-state index contributed by atoms with van der Waals surface area (Å²) >= 11 is 0. The van der Waals surface area contributed by atoms with E-state index in [2.05, 4.69) is 25.1 Å². The van der Waals surface area contributed by atoms with Gasteiger partial charge in [0.05, 0.1) is 23.8 Å². The van der Waals surface area contributed by atoms with E-state index in [0.717, 1.165) is 0 Å². The molecule has 13 heteroatoms. The summed E-state index contributed by atoms with van der Waals surface area (Å²) in [6.45, 7) is 1.47. The number of esters is 1. The molecule has 0 saturated carbocycles. The highest BCUT2D eigenvalue weighted by molar-refractivity contribution is 5.99. The second kappa shape index (κ2) is 9.34. The third-order valence-electron chi connectivity index (χ3n) is 4.24. The maximum absolute atomic E-state index is 12.6. The fourth-order valence-electron chi connectivity index (χ4n) is 2.62. The van der Waals surface area contributed by atoms with Crippen molar-refractivity contribution in [1.29, 1.82) is 0 Å². The number of hydrogen-bond donors (Lipinski definition) is 2. The molecular formula is C19H17N7O6. The molecular weight excluding hydrogens is 422 g/mol. The van der Waals surface area contributed by atoms with Crippen LogP contribution in [-0.4, -0.2) is 40.4 Å². The van der Waals surface area contributed by atoms with E-state index in [9.17, 15) is 14.9 Å². The largest absolute Gasteiger partial charge is 0.493 e. The van der Waals surface area contributed by atoms with Crippen LogP contribution in [0.25, 0.3) is 0 Å². The number of benzene rings is 2. The number of hydrogen-bond acceptors (Lipinski definition) is 11. The molecule has 0 unspecified atom stereocenters. The highest BCUT2D eigenvalue weighted by Crippen LogP contribution is 2.29. The molecule has 0 aliphatic rings. The molecule has 3 rings (SSSR count). The molecule has 1 aromatic heterocycles. The van der Waals surface area contributed by atoms with E-state index in [1.165, 1.54) is 44.5 Å². The molecule has 0 fully saturated rings. The molecule has 1 heterocycles. The van der Waals surface area contributed by atoms with Crippen molar-refractivity contribution >= 4 is 29.5 Å². The summed E-state index contributed by atoms with van der Waals surface area (Å²) in [6, 6.07) is 8.78. The van der Waals surface area contributed by atoms with Crippen molar-refractivity contribution < 1.29 is 23.8 Å². The maximum atomic E-state index is 12.6. The summed E-state index contributed by atoms with van der Waals surface area (Å²) in [4.78, 5) is 23.1. The van der Waals surface area contributed by atoms with Gasteiger partial charge in [-0.1, -0.05) is 6.07 Å². The summed E-state index contributed by atoms with van der Waals surface area (Å²) in [5, 5.41) is 25.6. The minimum absolute atomic E-state index is 0.0201. The minimum Gasteiger partial charge on any atom is -0.493 e. The normalized spacial score (nSPS) is 11.5. The van der Waals surface area contributed by atoms with Crippen LogP contribution < -0.4 is 20.9 Å². The number of nitrogens with zero attached hydrogens (tertiary/aromatic N) is 5. The van der Waals surface area contributed by atoms with E-state index in [0.29, 0.717) is 5.56 Å². The molecule has 4 N–H and O–H groups in total. The van der Waals surface area contributed by atoms with E-state index < -0.39 is 10.9 Å². The van der Waals surface area contributed by atoms with Crippen LogP contribution in [0.2, 0.25) is 0 Å². The van der Waals surface area contributed by atoms with Crippen LogP contribution in [-0.2, 0) is 0 Å². The predicted molar refractivity (Wildman–Crippen MR) is 113 cm³/mol. The van der Waals surface area contributed by atoms with E-state index in [1.54, 1.807) is 12.1 Å². The third kappa shape index (κ3) is 4.67. The number of nitro groups is 1. The zero-order chi connectivity index (χ0) is 23.3. The van der Waals surface area contributed by atoms with Gasteiger partial charge < -0.3 is 20.9 Å². The zero-order valence-corrected chi connectivity index (χ0v) is 16.9. The lowest BCUT2D eigenvalue weighted by molar-refractivity contribution is -0.385. The molecule has 32 heavy (non-hydrogen) atoms. The van der Waals surface area contributed by atoms with Gasteiger partial charge in [-0.15, -0.1) is 5.10 Å². The molecule has 164 valence electrons. The predicted octanol–water partition coefficient (Wildman–Crippen LogP) is 1.84. The van der Waals surface area contributed by atoms with Crippen LogP contribution in [0.3, 0.4) is 0 Å². The zero-order valence-electron chi connectivity index (χ0n) is 16.9. The number of nitrogens with two attached hydrogens (primary N) is 2. The van der Waals surface area contributed by atoms with Gasteiger partial charge in [0, 0.05) is 11.6 Å². The van der Waals surface area contributed by atoms with Crippen LogP contribution in [0.1, 0.15) is 27.2 Å².